The quantitative estimate of drug-likeness (QED) is 0.837. The van der Waals surface area contributed by atoms with Gasteiger partial charge in [-0.3, -0.25) is 4.98 Å². The highest BCUT2D eigenvalue weighted by atomic mass is 16.5. The van der Waals surface area contributed by atoms with Gasteiger partial charge in [0.25, 0.3) is 0 Å². The molecule has 0 saturated carbocycles. The van der Waals surface area contributed by atoms with Gasteiger partial charge in [-0.1, -0.05) is 6.07 Å². The predicted molar refractivity (Wildman–Crippen MR) is 69.3 cm³/mol. The molecule has 1 aromatic carbocycles. The number of esters is 1. The summed E-state index contributed by atoms with van der Waals surface area (Å²) in [4.78, 5) is 15.3. The summed E-state index contributed by atoms with van der Waals surface area (Å²) in [5.74, 6) is -0.325. The van der Waals surface area contributed by atoms with E-state index < -0.39 is 0 Å². The molecule has 0 bridgehead atoms. The first-order chi connectivity index (χ1) is 8.79. The van der Waals surface area contributed by atoms with Crippen LogP contribution in [-0.4, -0.2) is 18.1 Å². The van der Waals surface area contributed by atoms with Crippen LogP contribution in [0.2, 0.25) is 0 Å². The Morgan fingerprint density at radius 3 is 2.67 bits per heavy atom. The standard InChI is InChI=1S/C14H14N2O2/c1-18-14(17)12-4-6-13(7-5-12)16-10-11-3-2-8-15-9-11/h2-9,16H,10H2,1H3. The normalized spacial score (nSPS) is 9.83. The summed E-state index contributed by atoms with van der Waals surface area (Å²) in [5, 5.41) is 3.25. The van der Waals surface area contributed by atoms with Crippen molar-refractivity contribution in [3.63, 3.8) is 0 Å². The third-order valence-corrected chi connectivity index (χ3v) is 2.53. The Kier molecular flexibility index (Phi) is 3.91. The van der Waals surface area contributed by atoms with Crippen molar-refractivity contribution in [1.82, 2.24) is 4.98 Å². The van der Waals surface area contributed by atoms with E-state index in [4.69, 9.17) is 0 Å². The molecule has 0 spiro atoms. The fourth-order valence-corrected chi connectivity index (χ4v) is 1.55. The summed E-state index contributed by atoms with van der Waals surface area (Å²) in [7, 11) is 1.37. The molecule has 0 fully saturated rings. The van der Waals surface area contributed by atoms with Crippen LogP contribution >= 0.6 is 0 Å². The Hall–Kier alpha value is -2.36. The van der Waals surface area contributed by atoms with Crippen LogP contribution in [0.15, 0.2) is 48.8 Å². The van der Waals surface area contributed by atoms with E-state index in [9.17, 15) is 4.79 Å². The highest BCUT2D eigenvalue weighted by Crippen LogP contribution is 2.11. The third-order valence-electron chi connectivity index (χ3n) is 2.53. The molecule has 92 valence electrons. The Morgan fingerprint density at radius 2 is 2.06 bits per heavy atom. The van der Waals surface area contributed by atoms with E-state index in [1.807, 2.05) is 30.5 Å². The van der Waals surface area contributed by atoms with E-state index in [1.54, 1.807) is 18.3 Å². The van der Waals surface area contributed by atoms with E-state index in [1.165, 1.54) is 7.11 Å². The van der Waals surface area contributed by atoms with Gasteiger partial charge < -0.3 is 10.1 Å². The molecule has 0 aliphatic heterocycles. The topological polar surface area (TPSA) is 51.2 Å². The van der Waals surface area contributed by atoms with Crippen molar-refractivity contribution in [3.8, 4) is 0 Å². The first-order valence-electron chi connectivity index (χ1n) is 5.61. The lowest BCUT2D eigenvalue weighted by Gasteiger charge is -2.06. The number of anilines is 1. The van der Waals surface area contributed by atoms with Crippen molar-refractivity contribution in [1.29, 1.82) is 0 Å². The number of methoxy groups -OCH3 is 1. The molecule has 18 heavy (non-hydrogen) atoms. The molecule has 0 atom stereocenters. The zero-order valence-corrected chi connectivity index (χ0v) is 10.1. The van der Waals surface area contributed by atoms with Gasteiger partial charge in [0, 0.05) is 24.6 Å². The number of carbonyl (C=O) groups excluding carboxylic acids is 1. The molecule has 0 radical (unpaired) electrons. The van der Waals surface area contributed by atoms with E-state index in [0.29, 0.717) is 12.1 Å². The number of nitrogens with zero attached hydrogens (tertiary/aromatic N) is 1. The highest BCUT2D eigenvalue weighted by Gasteiger charge is 2.03. The van der Waals surface area contributed by atoms with Crippen molar-refractivity contribution in [2.75, 3.05) is 12.4 Å². The molecule has 1 heterocycles. The van der Waals surface area contributed by atoms with E-state index in [0.717, 1.165) is 11.3 Å². The summed E-state index contributed by atoms with van der Waals surface area (Å²) in [6.45, 7) is 0.700. The number of pyridine rings is 1. The molecule has 2 rings (SSSR count). The number of nitrogens with one attached hydrogen (secondary N) is 1. The zero-order valence-electron chi connectivity index (χ0n) is 10.1. The molecule has 2 aromatic rings. The SMILES string of the molecule is COC(=O)c1ccc(NCc2cccnc2)cc1. The smallest absolute Gasteiger partial charge is 0.337 e. The molecule has 0 amide bonds. The lowest BCUT2D eigenvalue weighted by atomic mass is 10.2. The minimum atomic E-state index is -0.325. The van der Waals surface area contributed by atoms with Crippen LogP contribution < -0.4 is 5.32 Å². The summed E-state index contributed by atoms with van der Waals surface area (Å²) in [6, 6.07) is 11.1. The van der Waals surface area contributed by atoms with Gasteiger partial charge in [-0.15, -0.1) is 0 Å². The molecule has 1 N–H and O–H groups in total. The molecular formula is C14H14N2O2. The van der Waals surface area contributed by atoms with Crippen molar-refractivity contribution in [2.45, 2.75) is 6.54 Å². The summed E-state index contributed by atoms with van der Waals surface area (Å²) in [5.41, 5.74) is 2.60. The Bertz CT molecular complexity index is 509. The van der Waals surface area contributed by atoms with Crippen molar-refractivity contribution < 1.29 is 9.53 Å². The van der Waals surface area contributed by atoms with Gasteiger partial charge in [0.05, 0.1) is 12.7 Å². The molecule has 0 saturated heterocycles. The largest absolute Gasteiger partial charge is 0.465 e. The van der Waals surface area contributed by atoms with Crippen LogP contribution in [-0.2, 0) is 11.3 Å². The first-order valence-corrected chi connectivity index (χ1v) is 5.61. The fraction of sp³-hybridized carbons (Fsp3) is 0.143. The van der Waals surface area contributed by atoms with Gasteiger partial charge in [0.2, 0.25) is 0 Å². The maximum atomic E-state index is 11.3. The zero-order chi connectivity index (χ0) is 12.8. The minimum Gasteiger partial charge on any atom is -0.465 e. The van der Waals surface area contributed by atoms with Crippen LogP contribution in [0.4, 0.5) is 5.69 Å². The summed E-state index contributed by atoms with van der Waals surface area (Å²) in [6.07, 6.45) is 3.56. The second-order valence-corrected chi connectivity index (χ2v) is 3.78. The molecule has 0 aliphatic rings. The van der Waals surface area contributed by atoms with Gasteiger partial charge in [-0.25, -0.2) is 4.79 Å². The Labute approximate surface area is 106 Å². The first kappa shape index (κ1) is 12.1. The number of rotatable bonds is 4. The third kappa shape index (κ3) is 3.07. The van der Waals surface area contributed by atoms with Crippen LogP contribution in [0, 0.1) is 0 Å². The number of carbonyl (C=O) groups is 1. The molecular weight excluding hydrogens is 228 g/mol. The number of ether oxygens (including phenoxy) is 1. The highest BCUT2D eigenvalue weighted by molar-refractivity contribution is 5.89. The minimum absolute atomic E-state index is 0.325. The van der Waals surface area contributed by atoms with Gasteiger partial charge in [0.15, 0.2) is 0 Å². The summed E-state index contributed by atoms with van der Waals surface area (Å²) >= 11 is 0. The second-order valence-electron chi connectivity index (χ2n) is 3.78. The van der Waals surface area contributed by atoms with Crippen LogP contribution in [0.3, 0.4) is 0 Å². The van der Waals surface area contributed by atoms with Crippen molar-refractivity contribution in [3.05, 3.63) is 59.9 Å². The number of hydrogen-bond donors (Lipinski definition) is 1. The van der Waals surface area contributed by atoms with Gasteiger partial charge >= 0.3 is 5.97 Å². The van der Waals surface area contributed by atoms with Crippen LogP contribution in [0.5, 0.6) is 0 Å². The Balaban J connectivity index is 1.97. The number of benzene rings is 1. The molecule has 0 unspecified atom stereocenters. The van der Waals surface area contributed by atoms with E-state index in [-0.39, 0.29) is 5.97 Å². The van der Waals surface area contributed by atoms with E-state index in [2.05, 4.69) is 15.0 Å². The Morgan fingerprint density at radius 1 is 1.28 bits per heavy atom. The van der Waals surface area contributed by atoms with Crippen molar-refractivity contribution >= 4 is 11.7 Å². The average Bonchev–Trinajstić information content (AvgIpc) is 2.46. The lowest BCUT2D eigenvalue weighted by Crippen LogP contribution is -2.02. The van der Waals surface area contributed by atoms with Crippen molar-refractivity contribution in [2.24, 2.45) is 0 Å². The maximum Gasteiger partial charge on any atom is 0.337 e. The lowest BCUT2D eigenvalue weighted by molar-refractivity contribution is 0.0601. The average molecular weight is 242 g/mol. The van der Waals surface area contributed by atoms with Gasteiger partial charge in [-0.2, -0.15) is 0 Å². The monoisotopic (exact) mass is 242 g/mol. The van der Waals surface area contributed by atoms with Gasteiger partial charge in [-0.05, 0) is 35.9 Å². The van der Waals surface area contributed by atoms with Crippen LogP contribution in [0.1, 0.15) is 15.9 Å². The maximum absolute atomic E-state index is 11.3. The van der Waals surface area contributed by atoms with Crippen LogP contribution in [0.25, 0.3) is 0 Å². The molecule has 1 aromatic heterocycles. The molecule has 4 heteroatoms. The summed E-state index contributed by atoms with van der Waals surface area (Å²) < 4.78 is 4.64. The molecule has 4 nitrogen and oxygen atoms in total. The molecule has 0 aliphatic carbocycles. The van der Waals surface area contributed by atoms with E-state index >= 15 is 0 Å². The fourth-order valence-electron chi connectivity index (χ4n) is 1.55. The second kappa shape index (κ2) is 5.82. The number of hydrogen-bond acceptors (Lipinski definition) is 4. The number of aromatic nitrogens is 1. The predicted octanol–water partition coefficient (Wildman–Crippen LogP) is 2.48. The van der Waals surface area contributed by atoms with Gasteiger partial charge in [0.1, 0.15) is 0 Å².